The van der Waals surface area contributed by atoms with Crippen LogP contribution in [0.5, 0.6) is 0 Å². The Bertz CT molecular complexity index is 564. The van der Waals surface area contributed by atoms with Crippen molar-refractivity contribution >= 4 is 21.7 Å². The molecule has 7 heteroatoms. The van der Waals surface area contributed by atoms with E-state index in [2.05, 4.69) is 5.32 Å². The molecule has 1 aromatic carbocycles. The molecule has 0 aliphatic carbocycles. The van der Waals surface area contributed by atoms with E-state index in [4.69, 9.17) is 5.73 Å². The van der Waals surface area contributed by atoms with E-state index in [0.717, 1.165) is 6.26 Å². The fraction of sp³-hybridized carbons (Fsp3) is 0.333. The highest BCUT2D eigenvalue weighted by Crippen LogP contribution is 2.10. The zero-order valence-electron chi connectivity index (χ0n) is 10.5. The molecule has 0 aliphatic heterocycles. The van der Waals surface area contributed by atoms with Crippen LogP contribution in [0.2, 0.25) is 0 Å². The molecule has 0 atom stereocenters. The van der Waals surface area contributed by atoms with Crippen molar-refractivity contribution in [3.05, 3.63) is 29.8 Å². The Balaban J connectivity index is 2.56. The highest BCUT2D eigenvalue weighted by molar-refractivity contribution is 7.90. The predicted octanol–water partition coefficient (Wildman–Crippen LogP) is 0.0854. The van der Waals surface area contributed by atoms with E-state index in [9.17, 15) is 18.0 Å². The van der Waals surface area contributed by atoms with Crippen LogP contribution in [-0.2, 0) is 14.6 Å². The standard InChI is InChI=1S/C12H16N2O4S/c1-19(17,18)10-6-4-9(5-7-10)12(16)14-8-2-3-11(13)15/h4-7H,2-3,8H2,1H3,(H2,13,15)(H,14,16). The van der Waals surface area contributed by atoms with E-state index < -0.39 is 15.7 Å². The second-order valence-corrected chi connectivity index (χ2v) is 6.14. The molecule has 104 valence electrons. The molecule has 1 aromatic rings. The zero-order valence-corrected chi connectivity index (χ0v) is 11.4. The summed E-state index contributed by atoms with van der Waals surface area (Å²) in [5.41, 5.74) is 5.34. The van der Waals surface area contributed by atoms with Crippen molar-refractivity contribution in [2.75, 3.05) is 12.8 Å². The zero-order chi connectivity index (χ0) is 14.5. The monoisotopic (exact) mass is 284 g/mol. The molecule has 0 spiro atoms. The molecule has 0 aromatic heterocycles. The Labute approximate surface area is 111 Å². The average molecular weight is 284 g/mol. The summed E-state index contributed by atoms with van der Waals surface area (Å²) in [6.07, 6.45) is 1.79. The smallest absolute Gasteiger partial charge is 0.251 e. The lowest BCUT2D eigenvalue weighted by atomic mass is 10.2. The Hall–Kier alpha value is -1.89. The van der Waals surface area contributed by atoms with E-state index in [1.54, 1.807) is 0 Å². The summed E-state index contributed by atoms with van der Waals surface area (Å²) in [5.74, 6) is -0.726. The third kappa shape index (κ3) is 5.09. The van der Waals surface area contributed by atoms with Gasteiger partial charge in [-0.05, 0) is 30.7 Å². The van der Waals surface area contributed by atoms with Crippen LogP contribution in [-0.4, -0.2) is 33.0 Å². The Morgan fingerprint density at radius 2 is 1.79 bits per heavy atom. The van der Waals surface area contributed by atoms with Crippen molar-refractivity contribution in [1.29, 1.82) is 0 Å². The number of nitrogens with one attached hydrogen (secondary N) is 1. The predicted molar refractivity (Wildman–Crippen MR) is 70.3 cm³/mol. The van der Waals surface area contributed by atoms with E-state index in [0.29, 0.717) is 18.5 Å². The average Bonchev–Trinajstić information content (AvgIpc) is 2.33. The number of primary amides is 1. The van der Waals surface area contributed by atoms with E-state index >= 15 is 0 Å². The van der Waals surface area contributed by atoms with Gasteiger partial charge in [0.2, 0.25) is 5.91 Å². The third-order valence-corrected chi connectivity index (χ3v) is 3.56. The summed E-state index contributed by atoms with van der Waals surface area (Å²) < 4.78 is 22.5. The van der Waals surface area contributed by atoms with Crippen molar-refractivity contribution in [2.45, 2.75) is 17.7 Å². The van der Waals surface area contributed by atoms with E-state index in [1.165, 1.54) is 24.3 Å². The number of hydrogen-bond donors (Lipinski definition) is 2. The van der Waals surface area contributed by atoms with Crippen molar-refractivity contribution < 1.29 is 18.0 Å². The van der Waals surface area contributed by atoms with Crippen molar-refractivity contribution in [2.24, 2.45) is 5.73 Å². The number of rotatable bonds is 6. The van der Waals surface area contributed by atoms with Crippen LogP contribution in [0, 0.1) is 0 Å². The van der Waals surface area contributed by atoms with Crippen LogP contribution >= 0.6 is 0 Å². The Morgan fingerprint density at radius 1 is 1.21 bits per heavy atom. The third-order valence-electron chi connectivity index (χ3n) is 2.43. The van der Waals surface area contributed by atoms with Crippen molar-refractivity contribution in [3.63, 3.8) is 0 Å². The molecule has 1 rings (SSSR count). The minimum absolute atomic E-state index is 0.165. The van der Waals surface area contributed by atoms with Gasteiger partial charge in [-0.1, -0.05) is 0 Å². The molecule has 0 saturated heterocycles. The molecule has 19 heavy (non-hydrogen) atoms. The molecule has 6 nitrogen and oxygen atoms in total. The first-order valence-corrected chi connectivity index (χ1v) is 7.56. The number of nitrogens with two attached hydrogens (primary N) is 1. The van der Waals surface area contributed by atoms with Gasteiger partial charge in [0.25, 0.3) is 5.91 Å². The maximum Gasteiger partial charge on any atom is 0.251 e. The second-order valence-electron chi connectivity index (χ2n) is 4.12. The molecular weight excluding hydrogens is 268 g/mol. The minimum Gasteiger partial charge on any atom is -0.370 e. The molecule has 0 fully saturated rings. The summed E-state index contributed by atoms with van der Waals surface area (Å²) in [4.78, 5) is 22.3. The van der Waals surface area contributed by atoms with Crippen LogP contribution in [0.1, 0.15) is 23.2 Å². The second kappa shape index (κ2) is 6.33. The van der Waals surface area contributed by atoms with Gasteiger partial charge in [0, 0.05) is 24.8 Å². The van der Waals surface area contributed by atoms with Gasteiger partial charge < -0.3 is 11.1 Å². The summed E-state index contributed by atoms with van der Waals surface area (Å²) >= 11 is 0. The molecule has 0 saturated carbocycles. The lowest BCUT2D eigenvalue weighted by molar-refractivity contribution is -0.118. The fourth-order valence-corrected chi connectivity index (χ4v) is 2.05. The van der Waals surface area contributed by atoms with Gasteiger partial charge in [0.05, 0.1) is 4.90 Å². The summed E-state index contributed by atoms with van der Waals surface area (Å²) in [6, 6.07) is 5.65. The van der Waals surface area contributed by atoms with E-state index in [1.807, 2.05) is 0 Å². The molecule has 0 unspecified atom stereocenters. The molecule has 0 radical (unpaired) electrons. The normalized spacial score (nSPS) is 11.0. The molecule has 0 heterocycles. The topological polar surface area (TPSA) is 106 Å². The molecule has 0 aliphatic rings. The lowest BCUT2D eigenvalue weighted by Gasteiger charge is -2.05. The van der Waals surface area contributed by atoms with Crippen LogP contribution in [0.25, 0.3) is 0 Å². The summed E-state index contributed by atoms with van der Waals surface area (Å²) in [5, 5.41) is 2.62. The van der Waals surface area contributed by atoms with Crippen molar-refractivity contribution in [1.82, 2.24) is 5.32 Å². The van der Waals surface area contributed by atoms with Gasteiger partial charge in [-0.15, -0.1) is 0 Å². The largest absolute Gasteiger partial charge is 0.370 e. The fourth-order valence-electron chi connectivity index (χ4n) is 1.42. The quantitative estimate of drug-likeness (QED) is 0.722. The SMILES string of the molecule is CS(=O)(=O)c1ccc(C(=O)NCCCC(N)=O)cc1. The number of carbonyl (C=O) groups excluding carboxylic acids is 2. The van der Waals surface area contributed by atoms with Gasteiger partial charge in [-0.3, -0.25) is 9.59 Å². The first-order chi connectivity index (χ1) is 8.80. The van der Waals surface area contributed by atoms with Crippen LogP contribution < -0.4 is 11.1 Å². The maximum atomic E-state index is 11.7. The van der Waals surface area contributed by atoms with Gasteiger partial charge in [-0.2, -0.15) is 0 Å². The summed E-state index contributed by atoms with van der Waals surface area (Å²) in [6.45, 7) is 0.343. The van der Waals surface area contributed by atoms with Crippen LogP contribution in [0.4, 0.5) is 0 Å². The number of sulfone groups is 1. The summed E-state index contributed by atoms with van der Waals surface area (Å²) in [7, 11) is -3.26. The minimum atomic E-state index is -3.26. The highest BCUT2D eigenvalue weighted by Gasteiger charge is 2.09. The maximum absolute atomic E-state index is 11.7. The van der Waals surface area contributed by atoms with Gasteiger partial charge in [-0.25, -0.2) is 8.42 Å². The number of carbonyl (C=O) groups is 2. The first kappa shape index (κ1) is 15.2. The Kier molecular flexibility index (Phi) is 5.05. The molecular formula is C12H16N2O4S. The van der Waals surface area contributed by atoms with Crippen LogP contribution in [0.3, 0.4) is 0 Å². The van der Waals surface area contributed by atoms with E-state index in [-0.39, 0.29) is 17.2 Å². The van der Waals surface area contributed by atoms with Crippen LogP contribution in [0.15, 0.2) is 29.2 Å². The highest BCUT2D eigenvalue weighted by atomic mass is 32.2. The number of amides is 2. The lowest BCUT2D eigenvalue weighted by Crippen LogP contribution is -2.25. The van der Waals surface area contributed by atoms with Gasteiger partial charge in [0.1, 0.15) is 0 Å². The Morgan fingerprint density at radius 3 is 2.26 bits per heavy atom. The molecule has 0 bridgehead atoms. The van der Waals surface area contributed by atoms with Gasteiger partial charge in [0.15, 0.2) is 9.84 Å². The molecule has 3 N–H and O–H groups in total. The number of hydrogen-bond acceptors (Lipinski definition) is 4. The number of benzene rings is 1. The van der Waals surface area contributed by atoms with Gasteiger partial charge >= 0.3 is 0 Å². The molecule has 2 amide bonds. The first-order valence-electron chi connectivity index (χ1n) is 5.67. The van der Waals surface area contributed by atoms with Crippen molar-refractivity contribution in [3.8, 4) is 0 Å².